The number of carbonyl (C=O) groups is 2. The van der Waals surface area contributed by atoms with E-state index in [1.165, 1.54) is 4.90 Å². The number of aldehydes is 1. The maximum atomic E-state index is 11.3. The molecule has 0 radical (unpaired) electrons. The summed E-state index contributed by atoms with van der Waals surface area (Å²) in [5.74, 6) is 0.231. The molecule has 92 valence electrons. The number of rotatable bonds is 4. The van der Waals surface area contributed by atoms with Crippen molar-refractivity contribution >= 4 is 12.4 Å². The SMILES string of the molecule is CCC(C)C1(CC=O)CCCCN1C(=O)O. The minimum atomic E-state index is -0.887. The van der Waals surface area contributed by atoms with Crippen LogP contribution in [0, 0.1) is 5.92 Å². The van der Waals surface area contributed by atoms with E-state index in [4.69, 9.17) is 0 Å². The van der Waals surface area contributed by atoms with Gasteiger partial charge in [0.05, 0.1) is 5.54 Å². The quantitative estimate of drug-likeness (QED) is 0.751. The highest BCUT2D eigenvalue weighted by molar-refractivity contribution is 5.67. The third kappa shape index (κ3) is 2.20. The van der Waals surface area contributed by atoms with E-state index in [-0.39, 0.29) is 5.92 Å². The number of nitrogens with zero attached hydrogens (tertiary/aromatic N) is 1. The van der Waals surface area contributed by atoms with Crippen LogP contribution in [-0.4, -0.2) is 34.5 Å². The Morgan fingerprint density at radius 1 is 1.56 bits per heavy atom. The molecule has 16 heavy (non-hydrogen) atoms. The zero-order valence-corrected chi connectivity index (χ0v) is 10.1. The molecule has 1 rings (SSSR count). The summed E-state index contributed by atoms with van der Waals surface area (Å²) in [6.07, 6.45) is 3.94. The van der Waals surface area contributed by atoms with Crippen molar-refractivity contribution in [2.75, 3.05) is 6.54 Å². The van der Waals surface area contributed by atoms with Crippen LogP contribution >= 0.6 is 0 Å². The zero-order valence-electron chi connectivity index (χ0n) is 10.1. The summed E-state index contributed by atoms with van der Waals surface area (Å²) in [5.41, 5.74) is -0.458. The van der Waals surface area contributed by atoms with Crippen LogP contribution in [0.4, 0.5) is 4.79 Å². The molecule has 1 N–H and O–H groups in total. The topological polar surface area (TPSA) is 57.6 Å². The summed E-state index contributed by atoms with van der Waals surface area (Å²) in [5, 5.41) is 9.25. The predicted molar refractivity (Wildman–Crippen MR) is 61.4 cm³/mol. The molecule has 0 aromatic rings. The first-order chi connectivity index (χ1) is 7.58. The van der Waals surface area contributed by atoms with Crippen LogP contribution in [-0.2, 0) is 4.79 Å². The fraction of sp³-hybridized carbons (Fsp3) is 0.833. The van der Waals surface area contributed by atoms with E-state index < -0.39 is 11.6 Å². The summed E-state index contributed by atoms with van der Waals surface area (Å²) in [6, 6.07) is 0. The Morgan fingerprint density at radius 3 is 2.75 bits per heavy atom. The molecule has 0 saturated carbocycles. The Labute approximate surface area is 96.6 Å². The Morgan fingerprint density at radius 2 is 2.25 bits per heavy atom. The van der Waals surface area contributed by atoms with Crippen LogP contribution in [0.2, 0.25) is 0 Å². The molecular weight excluding hydrogens is 206 g/mol. The van der Waals surface area contributed by atoms with Crippen molar-refractivity contribution in [1.82, 2.24) is 4.90 Å². The Bertz CT molecular complexity index is 267. The molecular formula is C12H21NO3. The van der Waals surface area contributed by atoms with Gasteiger partial charge in [-0.25, -0.2) is 4.79 Å². The zero-order chi connectivity index (χ0) is 12.2. The fourth-order valence-corrected chi connectivity index (χ4v) is 2.79. The van der Waals surface area contributed by atoms with Crippen molar-refractivity contribution in [3.05, 3.63) is 0 Å². The first-order valence-corrected chi connectivity index (χ1v) is 6.02. The average Bonchev–Trinajstić information content (AvgIpc) is 2.28. The number of hydrogen-bond donors (Lipinski definition) is 1. The number of piperidine rings is 1. The minimum Gasteiger partial charge on any atom is -0.465 e. The number of carboxylic acid groups (broad SMARTS) is 1. The van der Waals surface area contributed by atoms with Gasteiger partial charge in [-0.15, -0.1) is 0 Å². The molecule has 4 heteroatoms. The van der Waals surface area contributed by atoms with Gasteiger partial charge in [-0.1, -0.05) is 20.3 Å². The molecule has 0 spiro atoms. The molecule has 4 nitrogen and oxygen atoms in total. The Kier molecular flexibility index (Phi) is 4.33. The van der Waals surface area contributed by atoms with Crippen LogP contribution in [0.3, 0.4) is 0 Å². The molecule has 0 aliphatic carbocycles. The average molecular weight is 227 g/mol. The predicted octanol–water partition coefficient (Wildman–Crippen LogP) is 2.52. The van der Waals surface area contributed by atoms with Crippen molar-refractivity contribution in [3.8, 4) is 0 Å². The summed E-state index contributed by atoms with van der Waals surface area (Å²) in [7, 11) is 0. The second kappa shape index (κ2) is 5.32. The van der Waals surface area contributed by atoms with E-state index in [1.807, 2.05) is 13.8 Å². The van der Waals surface area contributed by atoms with Gasteiger partial charge < -0.3 is 14.8 Å². The van der Waals surface area contributed by atoms with Gasteiger partial charge >= 0.3 is 6.09 Å². The van der Waals surface area contributed by atoms with Gasteiger partial charge in [0.25, 0.3) is 0 Å². The van der Waals surface area contributed by atoms with Crippen LogP contribution in [0.25, 0.3) is 0 Å². The molecule has 0 bridgehead atoms. The van der Waals surface area contributed by atoms with Gasteiger partial charge in [0.15, 0.2) is 0 Å². The monoisotopic (exact) mass is 227 g/mol. The maximum Gasteiger partial charge on any atom is 0.407 e. The lowest BCUT2D eigenvalue weighted by Gasteiger charge is -2.48. The van der Waals surface area contributed by atoms with Gasteiger partial charge in [-0.3, -0.25) is 0 Å². The Hall–Kier alpha value is -1.06. The molecule has 2 atom stereocenters. The summed E-state index contributed by atoms with van der Waals surface area (Å²) in [6.45, 7) is 4.66. The second-order valence-corrected chi connectivity index (χ2v) is 4.67. The lowest BCUT2D eigenvalue weighted by atomic mass is 9.74. The number of likely N-dealkylation sites (tertiary alicyclic amines) is 1. The second-order valence-electron chi connectivity index (χ2n) is 4.67. The smallest absolute Gasteiger partial charge is 0.407 e. The van der Waals surface area contributed by atoms with Gasteiger partial charge in [0.1, 0.15) is 6.29 Å². The lowest BCUT2D eigenvalue weighted by molar-refractivity contribution is -0.112. The minimum absolute atomic E-state index is 0.231. The van der Waals surface area contributed by atoms with E-state index in [2.05, 4.69) is 0 Å². The van der Waals surface area contributed by atoms with Crippen LogP contribution < -0.4 is 0 Å². The lowest BCUT2D eigenvalue weighted by Crippen LogP contribution is -2.58. The van der Waals surface area contributed by atoms with Crippen LogP contribution in [0.15, 0.2) is 0 Å². The molecule has 1 aliphatic heterocycles. The third-order valence-electron chi connectivity index (χ3n) is 3.98. The fourth-order valence-electron chi connectivity index (χ4n) is 2.79. The highest BCUT2D eigenvalue weighted by atomic mass is 16.4. The van der Waals surface area contributed by atoms with Crippen molar-refractivity contribution in [2.45, 2.75) is 51.5 Å². The van der Waals surface area contributed by atoms with Crippen molar-refractivity contribution in [3.63, 3.8) is 0 Å². The van der Waals surface area contributed by atoms with Crippen LogP contribution in [0.1, 0.15) is 46.0 Å². The molecule has 1 fully saturated rings. The highest BCUT2D eigenvalue weighted by Gasteiger charge is 2.44. The van der Waals surface area contributed by atoms with E-state index >= 15 is 0 Å². The molecule has 1 aliphatic rings. The van der Waals surface area contributed by atoms with Gasteiger partial charge in [0.2, 0.25) is 0 Å². The maximum absolute atomic E-state index is 11.3. The van der Waals surface area contributed by atoms with Gasteiger partial charge in [-0.05, 0) is 25.2 Å². The van der Waals surface area contributed by atoms with E-state index in [9.17, 15) is 14.7 Å². The molecule has 0 aromatic carbocycles. The molecule has 1 saturated heterocycles. The van der Waals surface area contributed by atoms with Crippen LogP contribution in [0.5, 0.6) is 0 Å². The molecule has 1 heterocycles. The Balaban J connectivity index is 3.01. The number of hydrogen-bond acceptors (Lipinski definition) is 2. The molecule has 1 amide bonds. The first-order valence-electron chi connectivity index (χ1n) is 6.02. The summed E-state index contributed by atoms with van der Waals surface area (Å²) < 4.78 is 0. The van der Waals surface area contributed by atoms with Gasteiger partial charge in [0, 0.05) is 13.0 Å². The third-order valence-corrected chi connectivity index (χ3v) is 3.98. The van der Waals surface area contributed by atoms with Crippen molar-refractivity contribution in [1.29, 1.82) is 0 Å². The first kappa shape index (κ1) is 13.0. The summed E-state index contributed by atoms with van der Waals surface area (Å²) in [4.78, 5) is 23.6. The van der Waals surface area contributed by atoms with Crippen molar-refractivity contribution in [2.24, 2.45) is 5.92 Å². The normalized spacial score (nSPS) is 27.5. The molecule has 0 aromatic heterocycles. The largest absolute Gasteiger partial charge is 0.465 e. The van der Waals surface area contributed by atoms with Crippen molar-refractivity contribution < 1.29 is 14.7 Å². The van der Waals surface area contributed by atoms with E-state index in [0.29, 0.717) is 13.0 Å². The molecule has 2 unspecified atom stereocenters. The standard InChI is InChI=1S/C12H21NO3/c1-3-10(2)12(7-9-14)6-4-5-8-13(12)11(15)16/h9-10H,3-8H2,1-2H3,(H,15,16). The number of carbonyl (C=O) groups excluding carboxylic acids is 1. The highest BCUT2D eigenvalue weighted by Crippen LogP contribution is 2.38. The van der Waals surface area contributed by atoms with Gasteiger partial charge in [-0.2, -0.15) is 0 Å². The van der Waals surface area contributed by atoms with E-state index in [1.54, 1.807) is 0 Å². The van der Waals surface area contributed by atoms with E-state index in [0.717, 1.165) is 32.0 Å². The summed E-state index contributed by atoms with van der Waals surface area (Å²) >= 11 is 0. The number of amides is 1.